The molecule has 29 heavy (non-hydrogen) atoms. The minimum Gasteiger partial charge on any atom is -0.493 e. The van der Waals surface area contributed by atoms with Gasteiger partial charge in [0, 0.05) is 30.1 Å². The number of hydrogen-bond acceptors (Lipinski definition) is 5. The van der Waals surface area contributed by atoms with Crippen LogP contribution in [0.3, 0.4) is 0 Å². The second-order valence-electron chi connectivity index (χ2n) is 6.70. The minimum atomic E-state index is -0.179. The molecule has 0 aliphatic heterocycles. The number of aromatic nitrogens is 2. The Labute approximate surface area is 169 Å². The summed E-state index contributed by atoms with van der Waals surface area (Å²) in [6.45, 7) is 6.22. The average Bonchev–Trinajstić information content (AvgIpc) is 3.26. The Hall–Kier alpha value is -3.48. The number of carbonyl (C=O) groups excluding carboxylic acids is 1. The van der Waals surface area contributed by atoms with E-state index in [2.05, 4.69) is 10.5 Å². The van der Waals surface area contributed by atoms with Gasteiger partial charge in [-0.2, -0.15) is 0 Å². The predicted octanol–water partition coefficient (Wildman–Crippen LogP) is 3.74. The van der Waals surface area contributed by atoms with Crippen molar-refractivity contribution in [3.8, 4) is 17.3 Å². The number of aryl methyl sites for hydroxylation is 2. The molecule has 0 saturated heterocycles. The zero-order valence-corrected chi connectivity index (χ0v) is 17.3. The Morgan fingerprint density at radius 1 is 1.14 bits per heavy atom. The molecule has 7 heteroatoms. The number of carbonyl (C=O) groups is 1. The molecule has 0 spiro atoms. The van der Waals surface area contributed by atoms with E-state index in [1.54, 1.807) is 20.3 Å². The van der Waals surface area contributed by atoms with Crippen molar-refractivity contribution in [2.75, 3.05) is 14.2 Å². The van der Waals surface area contributed by atoms with E-state index in [4.69, 9.17) is 14.0 Å². The first kappa shape index (κ1) is 20.3. The Morgan fingerprint density at radius 3 is 2.55 bits per heavy atom. The van der Waals surface area contributed by atoms with E-state index in [1.807, 2.05) is 55.7 Å². The van der Waals surface area contributed by atoms with Crippen molar-refractivity contribution in [2.24, 2.45) is 0 Å². The molecule has 3 aromatic rings. The molecule has 2 aromatic heterocycles. The Morgan fingerprint density at radius 2 is 1.90 bits per heavy atom. The van der Waals surface area contributed by atoms with Crippen LogP contribution in [-0.2, 0) is 11.3 Å². The van der Waals surface area contributed by atoms with Gasteiger partial charge in [-0.3, -0.25) is 9.36 Å². The molecule has 1 amide bonds. The van der Waals surface area contributed by atoms with E-state index >= 15 is 0 Å². The standard InChI is InChI=1S/C22H25N3O4/c1-14-10-18(16(3)25(14)21-11-15(2)29-24-21)7-9-22(26)23-13-17-6-8-19(27-4)20(12-17)28-5/h6-12H,13H2,1-5H3,(H,23,26)/b9-7+. The Kier molecular flexibility index (Phi) is 6.07. The van der Waals surface area contributed by atoms with E-state index < -0.39 is 0 Å². The molecule has 0 aliphatic carbocycles. The topological polar surface area (TPSA) is 78.5 Å². The highest BCUT2D eigenvalue weighted by Gasteiger charge is 2.12. The van der Waals surface area contributed by atoms with E-state index in [0.717, 1.165) is 34.1 Å². The van der Waals surface area contributed by atoms with Crippen LogP contribution in [0, 0.1) is 20.8 Å². The molecule has 1 aromatic carbocycles. The van der Waals surface area contributed by atoms with Crippen molar-refractivity contribution < 1.29 is 18.8 Å². The highest BCUT2D eigenvalue weighted by molar-refractivity contribution is 5.91. The number of rotatable bonds is 7. The molecule has 7 nitrogen and oxygen atoms in total. The van der Waals surface area contributed by atoms with Crippen molar-refractivity contribution >= 4 is 12.0 Å². The molecule has 3 rings (SSSR count). The largest absolute Gasteiger partial charge is 0.493 e. The average molecular weight is 395 g/mol. The number of nitrogens with zero attached hydrogens (tertiary/aromatic N) is 2. The molecular weight excluding hydrogens is 370 g/mol. The van der Waals surface area contributed by atoms with Crippen molar-refractivity contribution in [2.45, 2.75) is 27.3 Å². The summed E-state index contributed by atoms with van der Waals surface area (Å²) in [6, 6.07) is 9.44. The molecule has 0 radical (unpaired) electrons. The summed E-state index contributed by atoms with van der Waals surface area (Å²) >= 11 is 0. The number of hydrogen-bond donors (Lipinski definition) is 1. The number of benzene rings is 1. The SMILES string of the molecule is COc1ccc(CNC(=O)/C=C/c2cc(C)n(-c3cc(C)on3)c2C)cc1OC. The summed E-state index contributed by atoms with van der Waals surface area (Å²) in [5.74, 6) is 2.58. The molecule has 152 valence electrons. The zero-order chi connectivity index (χ0) is 21.0. The van der Waals surface area contributed by atoms with Crippen molar-refractivity contribution in [3.05, 3.63) is 64.7 Å². The lowest BCUT2D eigenvalue weighted by Crippen LogP contribution is -2.20. The fraction of sp³-hybridized carbons (Fsp3) is 0.273. The van der Waals surface area contributed by atoms with Gasteiger partial charge in [0.1, 0.15) is 5.76 Å². The van der Waals surface area contributed by atoms with Crippen LogP contribution in [-0.4, -0.2) is 29.9 Å². The van der Waals surface area contributed by atoms with Crippen molar-refractivity contribution in [3.63, 3.8) is 0 Å². The molecular formula is C22H25N3O4. The lowest BCUT2D eigenvalue weighted by molar-refractivity contribution is -0.116. The Balaban J connectivity index is 1.67. The number of nitrogens with one attached hydrogen (secondary N) is 1. The Bertz CT molecular complexity index is 1050. The van der Waals surface area contributed by atoms with Crippen molar-refractivity contribution in [1.29, 1.82) is 0 Å². The van der Waals surface area contributed by atoms with Crippen LogP contribution in [0.2, 0.25) is 0 Å². The van der Waals surface area contributed by atoms with Gasteiger partial charge in [-0.15, -0.1) is 0 Å². The number of ether oxygens (including phenoxy) is 2. The van der Waals surface area contributed by atoms with Crippen molar-refractivity contribution in [1.82, 2.24) is 15.0 Å². The van der Waals surface area contributed by atoms with Crippen LogP contribution in [0.1, 0.15) is 28.3 Å². The van der Waals surface area contributed by atoms with Gasteiger partial charge in [0.25, 0.3) is 0 Å². The summed E-state index contributed by atoms with van der Waals surface area (Å²) in [4.78, 5) is 12.3. The molecule has 0 fully saturated rings. The van der Waals surface area contributed by atoms with Gasteiger partial charge in [0.05, 0.1) is 14.2 Å². The molecule has 2 heterocycles. The van der Waals surface area contributed by atoms with Crippen LogP contribution < -0.4 is 14.8 Å². The third-order valence-electron chi connectivity index (χ3n) is 4.64. The molecule has 0 bridgehead atoms. The van der Waals surface area contributed by atoms with E-state index in [9.17, 15) is 4.79 Å². The maximum atomic E-state index is 12.3. The zero-order valence-electron chi connectivity index (χ0n) is 17.3. The minimum absolute atomic E-state index is 0.179. The predicted molar refractivity (Wildman–Crippen MR) is 110 cm³/mol. The first-order valence-corrected chi connectivity index (χ1v) is 9.22. The highest BCUT2D eigenvalue weighted by atomic mass is 16.5. The van der Waals surface area contributed by atoms with Gasteiger partial charge in [-0.1, -0.05) is 11.2 Å². The van der Waals surface area contributed by atoms with Crippen LogP contribution >= 0.6 is 0 Å². The maximum Gasteiger partial charge on any atom is 0.244 e. The summed E-state index contributed by atoms with van der Waals surface area (Å²) in [5, 5.41) is 6.95. The fourth-order valence-electron chi connectivity index (χ4n) is 3.17. The fourth-order valence-corrected chi connectivity index (χ4v) is 3.17. The normalized spacial score (nSPS) is 11.1. The monoisotopic (exact) mass is 395 g/mol. The quantitative estimate of drug-likeness (QED) is 0.617. The van der Waals surface area contributed by atoms with Gasteiger partial charge in [0.2, 0.25) is 5.91 Å². The van der Waals surface area contributed by atoms with E-state index in [1.165, 1.54) is 6.08 Å². The second-order valence-corrected chi connectivity index (χ2v) is 6.70. The summed E-state index contributed by atoms with van der Waals surface area (Å²) < 4.78 is 17.7. The molecule has 0 unspecified atom stereocenters. The van der Waals surface area contributed by atoms with Gasteiger partial charge >= 0.3 is 0 Å². The first-order chi connectivity index (χ1) is 13.9. The van der Waals surface area contributed by atoms with Gasteiger partial charge in [-0.05, 0) is 56.2 Å². The molecule has 1 N–H and O–H groups in total. The number of methoxy groups -OCH3 is 2. The molecule has 0 saturated carbocycles. The summed E-state index contributed by atoms with van der Waals surface area (Å²) in [5.41, 5.74) is 3.87. The maximum absolute atomic E-state index is 12.3. The second kappa shape index (κ2) is 8.68. The van der Waals surface area contributed by atoms with Crippen LogP contribution in [0.15, 0.2) is 40.9 Å². The third kappa shape index (κ3) is 4.51. The lowest BCUT2D eigenvalue weighted by atomic mass is 10.2. The number of amides is 1. The van der Waals surface area contributed by atoms with Crippen LogP contribution in [0.4, 0.5) is 0 Å². The first-order valence-electron chi connectivity index (χ1n) is 9.22. The van der Waals surface area contributed by atoms with Gasteiger partial charge < -0.3 is 19.3 Å². The van der Waals surface area contributed by atoms with Crippen LogP contribution in [0.25, 0.3) is 11.9 Å². The van der Waals surface area contributed by atoms with E-state index in [-0.39, 0.29) is 5.91 Å². The van der Waals surface area contributed by atoms with Gasteiger partial charge in [-0.25, -0.2) is 0 Å². The van der Waals surface area contributed by atoms with Crippen LogP contribution in [0.5, 0.6) is 11.5 Å². The summed E-state index contributed by atoms with van der Waals surface area (Å²) in [6.07, 6.45) is 3.33. The van der Waals surface area contributed by atoms with Gasteiger partial charge in [0.15, 0.2) is 17.3 Å². The third-order valence-corrected chi connectivity index (χ3v) is 4.64. The van der Waals surface area contributed by atoms with E-state index in [0.29, 0.717) is 18.0 Å². The smallest absolute Gasteiger partial charge is 0.244 e. The molecule has 0 atom stereocenters. The summed E-state index contributed by atoms with van der Waals surface area (Å²) in [7, 11) is 3.17. The lowest BCUT2D eigenvalue weighted by Gasteiger charge is -2.09. The molecule has 0 aliphatic rings. The highest BCUT2D eigenvalue weighted by Crippen LogP contribution is 2.27.